The summed E-state index contributed by atoms with van der Waals surface area (Å²) in [5.41, 5.74) is -24.4. The van der Waals surface area contributed by atoms with Crippen LogP contribution in [0, 0.1) is 0 Å². The third-order valence-electron chi connectivity index (χ3n) is 4.74. The molecule has 47 heavy (non-hydrogen) atoms. The van der Waals surface area contributed by atoms with Crippen LogP contribution in [0.25, 0.3) is 0 Å². The molecule has 0 amide bonds. The molecule has 0 unspecified atom stereocenters. The molecule has 0 aromatic heterocycles. The van der Waals surface area contributed by atoms with E-state index in [-0.39, 0.29) is 6.42 Å². The maximum Gasteiger partial charge on any atom is 0.498 e. The van der Waals surface area contributed by atoms with Gasteiger partial charge in [0.2, 0.25) is 0 Å². The van der Waals surface area contributed by atoms with Crippen molar-refractivity contribution in [2.45, 2.75) is 84.6 Å². The zero-order chi connectivity index (χ0) is 38.5. The maximum absolute atomic E-state index is 12.2. The summed E-state index contributed by atoms with van der Waals surface area (Å²) in [5, 5.41) is 0. The summed E-state index contributed by atoms with van der Waals surface area (Å²) in [6.45, 7) is 11.9. The van der Waals surface area contributed by atoms with Crippen LogP contribution in [0.15, 0.2) is 12.7 Å². The molecular weight excluding hydrogens is 789 g/mol. The average Bonchev–Trinajstić information content (AvgIpc) is 2.85. The van der Waals surface area contributed by atoms with Gasteiger partial charge in [-0.3, -0.25) is 0 Å². The highest BCUT2D eigenvalue weighted by Gasteiger charge is 2.63. The van der Waals surface area contributed by atoms with Gasteiger partial charge in [-0.15, -0.1) is 6.58 Å². The van der Waals surface area contributed by atoms with Crippen LogP contribution in [0.2, 0.25) is 0 Å². The first-order valence-corrected chi connectivity index (χ1v) is 20.0. The Morgan fingerprint density at radius 1 is 0.553 bits per heavy atom. The molecule has 0 aliphatic carbocycles. The summed E-state index contributed by atoms with van der Waals surface area (Å²) in [6, 6.07) is 0. The molecule has 0 N–H and O–H groups in total. The predicted octanol–water partition coefficient (Wildman–Crippen LogP) is 4.94. The smallest absolute Gasteiger partial charge is 0.376 e. The average molecular weight is 821 g/mol. The van der Waals surface area contributed by atoms with Crippen molar-refractivity contribution in [1.82, 2.24) is 0 Å². The fourth-order valence-electron chi connectivity index (χ4n) is 2.55. The Morgan fingerprint density at radius 3 is 1.00 bits per heavy atom. The molecular formula is C19H32F12O11S4Si. The third-order valence-corrected chi connectivity index (χ3v) is 15.8. The van der Waals surface area contributed by atoms with Gasteiger partial charge in [0.1, 0.15) is 0 Å². The van der Waals surface area contributed by atoms with E-state index < -0.39 is 99.3 Å². The summed E-state index contributed by atoms with van der Waals surface area (Å²) in [7, 11) is -27.7. The van der Waals surface area contributed by atoms with Crippen molar-refractivity contribution in [1.29, 1.82) is 0 Å². The van der Waals surface area contributed by atoms with Crippen molar-refractivity contribution < 1.29 is 99.6 Å². The number of sulfone groups is 4. The van der Waals surface area contributed by atoms with E-state index in [9.17, 15) is 86.4 Å². The van der Waals surface area contributed by atoms with Crippen LogP contribution in [0.5, 0.6) is 0 Å². The third kappa shape index (κ3) is 14.7. The molecule has 0 fully saturated rings. The van der Waals surface area contributed by atoms with E-state index in [2.05, 4.69) is 6.58 Å². The fourth-order valence-corrected chi connectivity index (χ4v) is 10.6. The van der Waals surface area contributed by atoms with Crippen LogP contribution < -0.4 is 0 Å². The minimum absolute atomic E-state index is 0.0389. The summed E-state index contributed by atoms with van der Waals surface area (Å²) < 4.78 is 241. The largest absolute Gasteiger partial charge is 0.498 e. The Kier molecular flexibility index (Phi) is 20.6. The van der Waals surface area contributed by atoms with Gasteiger partial charge in [-0.2, -0.15) is 52.7 Å². The van der Waals surface area contributed by atoms with Crippen LogP contribution in [0.4, 0.5) is 52.7 Å². The Labute approximate surface area is 265 Å². The van der Waals surface area contributed by atoms with Crippen LogP contribution in [0.1, 0.15) is 53.4 Å². The molecule has 0 heterocycles. The van der Waals surface area contributed by atoms with Gasteiger partial charge in [-0.05, 0) is 33.6 Å². The first-order valence-electron chi connectivity index (χ1n) is 12.4. The molecule has 0 saturated carbocycles. The van der Waals surface area contributed by atoms with Crippen molar-refractivity contribution in [3.63, 3.8) is 0 Å². The zero-order valence-electron chi connectivity index (χ0n) is 24.6. The van der Waals surface area contributed by atoms with E-state index in [1.165, 1.54) is 6.92 Å². The zero-order valence-corrected chi connectivity index (χ0v) is 29.0. The van der Waals surface area contributed by atoms with Gasteiger partial charge in [-0.25, -0.2) is 33.7 Å². The van der Waals surface area contributed by atoms with E-state index >= 15 is 0 Å². The van der Waals surface area contributed by atoms with Gasteiger partial charge in [0, 0.05) is 19.8 Å². The highest BCUT2D eigenvalue weighted by Crippen LogP contribution is 2.39. The molecule has 28 heteroatoms. The summed E-state index contributed by atoms with van der Waals surface area (Å²) in [5.74, 6) is 0. The SMILES string of the molecule is C=CCC(S(=O)(=O)C(F)(F)F)S(=O)(=O)C(F)(F)F.CCCCC(S(=O)(=O)C(F)(F)F)S(=O)(=O)C(F)(F)F.CCO[SiH](OCC)OCC. The number of unbranched alkanes of at least 4 members (excludes halogenated alkanes) is 1. The number of rotatable bonds is 15. The van der Waals surface area contributed by atoms with Crippen molar-refractivity contribution >= 4 is 48.9 Å². The monoisotopic (exact) mass is 820 g/mol. The summed E-state index contributed by atoms with van der Waals surface area (Å²) in [4.78, 5) is 0. The first kappa shape index (κ1) is 50.2. The minimum Gasteiger partial charge on any atom is -0.376 e. The molecule has 0 aliphatic rings. The van der Waals surface area contributed by atoms with Gasteiger partial charge in [-0.1, -0.05) is 25.8 Å². The Balaban J connectivity index is -0.000000648. The van der Waals surface area contributed by atoms with Gasteiger partial charge in [0.25, 0.3) is 39.3 Å². The second kappa shape index (κ2) is 19.3. The summed E-state index contributed by atoms with van der Waals surface area (Å²) in [6.07, 6.45) is -2.81. The second-order valence-electron chi connectivity index (χ2n) is 8.14. The normalized spacial score (nSPS) is 14.0. The van der Waals surface area contributed by atoms with E-state index in [0.717, 1.165) is 0 Å². The van der Waals surface area contributed by atoms with Crippen molar-refractivity contribution in [3.8, 4) is 0 Å². The van der Waals surface area contributed by atoms with E-state index in [4.69, 9.17) is 13.3 Å². The molecule has 0 radical (unpaired) electrons. The number of hydrogen-bond donors (Lipinski definition) is 0. The summed E-state index contributed by atoms with van der Waals surface area (Å²) >= 11 is 0. The van der Waals surface area contributed by atoms with Gasteiger partial charge >= 0.3 is 31.6 Å². The Bertz CT molecular complexity index is 1270. The predicted molar refractivity (Wildman–Crippen MR) is 144 cm³/mol. The topological polar surface area (TPSA) is 164 Å². The van der Waals surface area contributed by atoms with Crippen LogP contribution >= 0.6 is 0 Å². The van der Waals surface area contributed by atoms with E-state index in [1.54, 1.807) is 0 Å². The number of alkyl halides is 12. The fraction of sp³-hybridized carbons (Fsp3) is 0.895. The molecule has 0 spiro atoms. The number of halogens is 12. The van der Waals surface area contributed by atoms with E-state index in [0.29, 0.717) is 25.9 Å². The molecule has 0 bridgehead atoms. The lowest BCUT2D eigenvalue weighted by Crippen LogP contribution is -2.44. The van der Waals surface area contributed by atoms with Crippen LogP contribution in [0.3, 0.4) is 0 Å². The van der Waals surface area contributed by atoms with Gasteiger partial charge in [0.15, 0.2) is 9.16 Å². The first-order chi connectivity index (χ1) is 20.7. The van der Waals surface area contributed by atoms with Crippen LogP contribution in [-0.4, -0.2) is 94.2 Å². The molecule has 286 valence electrons. The van der Waals surface area contributed by atoms with Gasteiger partial charge in [0.05, 0.1) is 0 Å². The molecule has 0 aromatic carbocycles. The maximum atomic E-state index is 12.2. The second-order valence-corrected chi connectivity index (χ2v) is 18.8. The molecule has 0 atom stereocenters. The molecule has 11 nitrogen and oxygen atoms in total. The molecule has 0 rings (SSSR count). The lowest BCUT2D eigenvalue weighted by molar-refractivity contribution is -0.0483. The number of hydrogen-bond acceptors (Lipinski definition) is 11. The highest BCUT2D eigenvalue weighted by molar-refractivity contribution is 8.10. The number of allylic oxidation sites excluding steroid dienone is 1. The standard InChI is InChI=1S/C7H10F6O4S2.C6H6F6O4S2.C6H16O3Si/c1-2-3-4-5(18(14,15)6(8,9)10)19(16,17)7(11,12)13;1-2-3-4(17(13,14)5(7,8)9)18(15,16)6(10,11)12;1-4-7-10(8-5-2)9-6-3/h5H,2-4H2,1H3;2,4H,1,3H2;10H,4-6H2,1-3H3. The van der Waals surface area contributed by atoms with Crippen molar-refractivity contribution in [3.05, 3.63) is 12.7 Å². The van der Waals surface area contributed by atoms with Gasteiger partial charge < -0.3 is 13.3 Å². The minimum atomic E-state index is -6.52. The van der Waals surface area contributed by atoms with Crippen molar-refractivity contribution in [2.75, 3.05) is 19.8 Å². The molecule has 0 saturated heterocycles. The molecule has 0 aliphatic heterocycles. The van der Waals surface area contributed by atoms with Crippen LogP contribution in [-0.2, 0) is 52.6 Å². The lowest BCUT2D eigenvalue weighted by Gasteiger charge is -2.20. The molecule has 0 aromatic rings. The quantitative estimate of drug-likeness (QED) is 0.125. The Hall–Kier alpha value is -1.20. The lowest BCUT2D eigenvalue weighted by atomic mass is 10.3. The highest BCUT2D eigenvalue weighted by atomic mass is 32.3. The van der Waals surface area contributed by atoms with Crippen molar-refractivity contribution in [2.24, 2.45) is 0 Å². The Morgan fingerprint density at radius 2 is 0.809 bits per heavy atom. The van der Waals surface area contributed by atoms with E-state index in [1.807, 2.05) is 20.8 Å².